The van der Waals surface area contributed by atoms with Gasteiger partial charge < -0.3 is 14.7 Å². The highest BCUT2D eigenvalue weighted by Crippen LogP contribution is 2.40. The Balaban J connectivity index is 1.79. The summed E-state index contributed by atoms with van der Waals surface area (Å²) < 4.78 is 5.67. The van der Waals surface area contributed by atoms with Gasteiger partial charge >= 0.3 is 0 Å². The predicted octanol–water partition coefficient (Wildman–Crippen LogP) is 4.49. The fourth-order valence-electron chi connectivity index (χ4n) is 3.80. The molecular formula is C26H24N2O4. The Morgan fingerprint density at radius 1 is 1.00 bits per heavy atom. The molecule has 1 N–H and O–H groups in total. The minimum Gasteiger partial charge on any atom is -0.507 e. The molecular weight excluding hydrogens is 404 g/mol. The number of hydrogen-bond acceptors (Lipinski definition) is 5. The van der Waals surface area contributed by atoms with Gasteiger partial charge in [0.25, 0.3) is 11.7 Å². The van der Waals surface area contributed by atoms with Crippen LogP contribution in [-0.4, -0.2) is 33.3 Å². The van der Waals surface area contributed by atoms with Crippen molar-refractivity contribution in [3.8, 4) is 5.75 Å². The molecule has 0 saturated carbocycles. The molecule has 1 atom stereocenters. The zero-order valence-electron chi connectivity index (χ0n) is 17.8. The number of ketones is 1. The predicted molar refractivity (Wildman–Crippen MR) is 121 cm³/mol. The van der Waals surface area contributed by atoms with Gasteiger partial charge in [-0.25, -0.2) is 0 Å². The van der Waals surface area contributed by atoms with Crippen molar-refractivity contribution < 1.29 is 19.4 Å². The van der Waals surface area contributed by atoms with Crippen LogP contribution in [0.2, 0.25) is 0 Å². The number of aliphatic hydroxyl groups excluding tert-OH is 1. The first-order valence-electron chi connectivity index (χ1n) is 10.6. The van der Waals surface area contributed by atoms with Crippen molar-refractivity contribution in [1.82, 2.24) is 9.88 Å². The van der Waals surface area contributed by atoms with Crippen LogP contribution in [0.4, 0.5) is 0 Å². The van der Waals surface area contributed by atoms with Gasteiger partial charge in [0.1, 0.15) is 11.5 Å². The molecule has 2 heterocycles. The minimum absolute atomic E-state index is 0.0688. The second-order valence-corrected chi connectivity index (χ2v) is 7.57. The highest BCUT2D eigenvalue weighted by Gasteiger charge is 2.46. The monoisotopic (exact) mass is 428 g/mol. The van der Waals surface area contributed by atoms with Crippen LogP contribution in [0.25, 0.3) is 5.76 Å². The molecule has 0 spiro atoms. The molecule has 0 bridgehead atoms. The van der Waals surface area contributed by atoms with Crippen LogP contribution in [0.5, 0.6) is 5.75 Å². The molecule has 0 radical (unpaired) electrons. The maximum Gasteiger partial charge on any atom is 0.295 e. The summed E-state index contributed by atoms with van der Waals surface area (Å²) in [5.74, 6) is -0.838. The number of amides is 1. The molecule has 162 valence electrons. The Kier molecular flexibility index (Phi) is 6.31. The van der Waals surface area contributed by atoms with E-state index in [2.05, 4.69) is 4.98 Å². The van der Waals surface area contributed by atoms with Gasteiger partial charge in [-0.1, -0.05) is 49.4 Å². The van der Waals surface area contributed by atoms with Crippen LogP contribution in [0.3, 0.4) is 0 Å². The molecule has 32 heavy (non-hydrogen) atoms. The summed E-state index contributed by atoms with van der Waals surface area (Å²) in [4.78, 5) is 31.6. The van der Waals surface area contributed by atoms with E-state index in [4.69, 9.17) is 4.74 Å². The lowest BCUT2D eigenvalue weighted by Gasteiger charge is -2.25. The maximum absolute atomic E-state index is 13.1. The molecule has 1 unspecified atom stereocenters. The minimum atomic E-state index is -0.719. The van der Waals surface area contributed by atoms with E-state index in [1.165, 1.54) is 17.3 Å². The standard InChI is InChI=1S/C26H24N2O4/c1-2-16-32-21-10-8-19(9-11-21)23-22(24(29)20-12-14-27-15-13-20)25(30)26(31)28(23)17-18-6-4-3-5-7-18/h3-15,23,29H,2,16-17H2,1H3/b24-22+. The molecule has 0 aliphatic carbocycles. The van der Waals surface area contributed by atoms with Gasteiger partial charge in [-0.3, -0.25) is 14.6 Å². The lowest BCUT2D eigenvalue weighted by Crippen LogP contribution is -2.29. The number of Topliss-reactive ketones (excluding diaryl/α,β-unsaturated/α-hetero) is 1. The first-order chi connectivity index (χ1) is 15.6. The van der Waals surface area contributed by atoms with Crippen molar-refractivity contribution >= 4 is 17.4 Å². The normalized spacial score (nSPS) is 17.5. The first kappa shape index (κ1) is 21.3. The van der Waals surface area contributed by atoms with Gasteiger partial charge in [0.05, 0.1) is 18.2 Å². The van der Waals surface area contributed by atoms with Crippen molar-refractivity contribution in [1.29, 1.82) is 0 Å². The summed E-state index contributed by atoms with van der Waals surface area (Å²) in [5, 5.41) is 11.0. The Morgan fingerprint density at radius 2 is 1.69 bits per heavy atom. The number of ether oxygens (including phenoxy) is 1. The number of carbonyl (C=O) groups is 2. The number of pyridine rings is 1. The van der Waals surface area contributed by atoms with Crippen LogP contribution in [0, 0.1) is 0 Å². The number of likely N-dealkylation sites (tertiary alicyclic amines) is 1. The lowest BCUT2D eigenvalue weighted by atomic mass is 9.95. The van der Waals surface area contributed by atoms with E-state index in [0.29, 0.717) is 17.9 Å². The first-order valence-corrected chi connectivity index (χ1v) is 10.6. The second-order valence-electron chi connectivity index (χ2n) is 7.57. The van der Waals surface area contributed by atoms with Gasteiger partial charge in [-0.05, 0) is 41.8 Å². The number of nitrogens with zero attached hydrogens (tertiary/aromatic N) is 2. The Bertz CT molecular complexity index is 1130. The van der Waals surface area contributed by atoms with E-state index in [1.54, 1.807) is 12.1 Å². The quantitative estimate of drug-likeness (QED) is 0.341. The third-order valence-corrected chi connectivity index (χ3v) is 5.36. The second kappa shape index (κ2) is 9.47. The zero-order valence-corrected chi connectivity index (χ0v) is 17.8. The summed E-state index contributed by atoms with van der Waals surface area (Å²) in [6.07, 6.45) is 3.96. The fraction of sp³-hybridized carbons (Fsp3) is 0.192. The summed E-state index contributed by atoms with van der Waals surface area (Å²) in [7, 11) is 0. The number of aromatic nitrogens is 1. The van der Waals surface area contributed by atoms with Crippen molar-refractivity contribution in [2.75, 3.05) is 6.61 Å². The van der Waals surface area contributed by atoms with Crippen LogP contribution in [0.15, 0.2) is 84.7 Å². The van der Waals surface area contributed by atoms with Crippen LogP contribution >= 0.6 is 0 Å². The Hall–Kier alpha value is -3.93. The molecule has 3 aromatic rings. The maximum atomic E-state index is 13.1. The molecule has 1 aromatic heterocycles. The lowest BCUT2D eigenvalue weighted by molar-refractivity contribution is -0.140. The fourth-order valence-corrected chi connectivity index (χ4v) is 3.80. The van der Waals surface area contributed by atoms with E-state index in [1.807, 2.05) is 61.5 Å². The average molecular weight is 428 g/mol. The van der Waals surface area contributed by atoms with E-state index in [-0.39, 0.29) is 17.9 Å². The molecule has 4 rings (SSSR count). The van der Waals surface area contributed by atoms with Crippen LogP contribution < -0.4 is 4.74 Å². The third-order valence-electron chi connectivity index (χ3n) is 5.36. The van der Waals surface area contributed by atoms with E-state index in [0.717, 1.165) is 17.5 Å². The average Bonchev–Trinajstić information content (AvgIpc) is 3.08. The number of rotatable bonds is 7. The van der Waals surface area contributed by atoms with Crippen LogP contribution in [0.1, 0.15) is 36.1 Å². The number of aliphatic hydroxyl groups is 1. The van der Waals surface area contributed by atoms with Gasteiger partial charge in [-0.2, -0.15) is 0 Å². The number of benzene rings is 2. The van der Waals surface area contributed by atoms with Gasteiger partial charge in [0.15, 0.2) is 0 Å². The Morgan fingerprint density at radius 3 is 2.34 bits per heavy atom. The van der Waals surface area contributed by atoms with Crippen molar-refractivity contribution in [2.45, 2.75) is 25.9 Å². The summed E-state index contributed by atoms with van der Waals surface area (Å²) in [6.45, 7) is 2.88. The SMILES string of the molecule is CCCOc1ccc(C2/C(=C(\O)c3ccncc3)C(=O)C(=O)N2Cc2ccccc2)cc1. The number of carbonyl (C=O) groups excluding carboxylic acids is 2. The van der Waals surface area contributed by atoms with E-state index in [9.17, 15) is 14.7 Å². The highest BCUT2D eigenvalue weighted by atomic mass is 16.5. The summed E-state index contributed by atoms with van der Waals surface area (Å²) in [5.41, 5.74) is 2.12. The highest BCUT2D eigenvalue weighted by molar-refractivity contribution is 6.46. The molecule has 1 aliphatic heterocycles. The Labute approximate surface area is 186 Å². The zero-order chi connectivity index (χ0) is 22.5. The largest absolute Gasteiger partial charge is 0.507 e. The van der Waals surface area contributed by atoms with Crippen LogP contribution in [-0.2, 0) is 16.1 Å². The van der Waals surface area contributed by atoms with Crippen molar-refractivity contribution in [3.05, 3.63) is 101 Å². The molecule has 1 fully saturated rings. The molecule has 6 nitrogen and oxygen atoms in total. The van der Waals surface area contributed by atoms with Gasteiger partial charge in [0.2, 0.25) is 0 Å². The van der Waals surface area contributed by atoms with Gasteiger partial charge in [-0.15, -0.1) is 0 Å². The van der Waals surface area contributed by atoms with E-state index >= 15 is 0 Å². The topological polar surface area (TPSA) is 79.7 Å². The molecule has 2 aromatic carbocycles. The van der Waals surface area contributed by atoms with Gasteiger partial charge in [0, 0.05) is 24.5 Å². The molecule has 1 aliphatic rings. The van der Waals surface area contributed by atoms with E-state index < -0.39 is 17.7 Å². The molecule has 1 amide bonds. The third kappa shape index (κ3) is 4.25. The number of hydrogen-bond donors (Lipinski definition) is 1. The summed E-state index contributed by atoms with van der Waals surface area (Å²) in [6, 6.07) is 19.3. The summed E-state index contributed by atoms with van der Waals surface area (Å²) >= 11 is 0. The van der Waals surface area contributed by atoms with Crippen molar-refractivity contribution in [2.24, 2.45) is 0 Å². The smallest absolute Gasteiger partial charge is 0.295 e. The van der Waals surface area contributed by atoms with Crippen molar-refractivity contribution in [3.63, 3.8) is 0 Å². The molecule has 1 saturated heterocycles. The molecule has 6 heteroatoms.